The molecule has 96 valence electrons. The van der Waals surface area contributed by atoms with Gasteiger partial charge in [-0.25, -0.2) is 0 Å². The Morgan fingerprint density at radius 3 is 2.72 bits per heavy atom. The number of hydrogen-bond acceptors (Lipinski definition) is 4. The van der Waals surface area contributed by atoms with E-state index < -0.39 is 6.04 Å². The third-order valence-electron chi connectivity index (χ3n) is 2.52. The first-order valence-corrected chi connectivity index (χ1v) is 7.08. The fourth-order valence-corrected chi connectivity index (χ4v) is 1.88. The van der Waals surface area contributed by atoms with Crippen molar-refractivity contribution >= 4 is 17.7 Å². The van der Waals surface area contributed by atoms with E-state index in [0.29, 0.717) is 18.5 Å². The summed E-state index contributed by atoms with van der Waals surface area (Å²) in [6.45, 7) is 0.442. The molecular formula is C13H17N3OS. The lowest BCUT2D eigenvalue weighted by atomic mass is 10.1. The number of nitriles is 1. The summed E-state index contributed by atoms with van der Waals surface area (Å²) in [6, 6.07) is 8.72. The first-order valence-electron chi connectivity index (χ1n) is 5.68. The number of nitrogens with two attached hydrogens (primary N) is 1. The van der Waals surface area contributed by atoms with E-state index >= 15 is 0 Å². The Bertz CT molecular complexity index is 425. The van der Waals surface area contributed by atoms with Crippen LogP contribution in [0.3, 0.4) is 0 Å². The van der Waals surface area contributed by atoms with Crippen molar-refractivity contribution in [1.82, 2.24) is 5.32 Å². The van der Waals surface area contributed by atoms with Crippen LogP contribution in [-0.4, -0.2) is 24.0 Å². The Kier molecular flexibility index (Phi) is 6.26. The molecule has 0 aliphatic heterocycles. The topological polar surface area (TPSA) is 78.9 Å². The van der Waals surface area contributed by atoms with E-state index in [4.69, 9.17) is 11.0 Å². The van der Waals surface area contributed by atoms with Gasteiger partial charge in [-0.3, -0.25) is 4.79 Å². The Hall–Kier alpha value is -1.51. The smallest absolute Gasteiger partial charge is 0.237 e. The average molecular weight is 263 g/mol. The summed E-state index contributed by atoms with van der Waals surface area (Å²) in [4.78, 5) is 11.6. The molecule has 0 saturated heterocycles. The van der Waals surface area contributed by atoms with Crippen LogP contribution in [0.15, 0.2) is 24.3 Å². The normalized spacial score (nSPS) is 11.6. The molecule has 0 heterocycles. The quantitative estimate of drug-likeness (QED) is 0.809. The highest BCUT2D eigenvalue weighted by Crippen LogP contribution is 2.03. The summed E-state index contributed by atoms with van der Waals surface area (Å²) in [7, 11) is 0. The maximum absolute atomic E-state index is 11.6. The van der Waals surface area contributed by atoms with Gasteiger partial charge in [-0.2, -0.15) is 17.0 Å². The van der Waals surface area contributed by atoms with Gasteiger partial charge in [-0.15, -0.1) is 0 Å². The third kappa shape index (κ3) is 4.78. The fourth-order valence-electron chi connectivity index (χ4n) is 1.39. The second-order valence-electron chi connectivity index (χ2n) is 3.91. The molecule has 1 atom stereocenters. The van der Waals surface area contributed by atoms with Crippen molar-refractivity contribution in [3.8, 4) is 6.07 Å². The van der Waals surface area contributed by atoms with Gasteiger partial charge < -0.3 is 11.1 Å². The van der Waals surface area contributed by atoms with Gasteiger partial charge in [0.05, 0.1) is 17.7 Å². The van der Waals surface area contributed by atoms with Gasteiger partial charge in [-0.05, 0) is 36.1 Å². The van der Waals surface area contributed by atoms with Gasteiger partial charge in [0, 0.05) is 6.54 Å². The summed E-state index contributed by atoms with van der Waals surface area (Å²) < 4.78 is 0. The van der Waals surface area contributed by atoms with E-state index in [1.54, 1.807) is 23.9 Å². The number of benzene rings is 1. The summed E-state index contributed by atoms with van der Waals surface area (Å²) in [5.74, 6) is 0.749. The van der Waals surface area contributed by atoms with Crippen LogP contribution in [0.4, 0.5) is 0 Å². The van der Waals surface area contributed by atoms with Crippen LogP contribution in [-0.2, 0) is 11.3 Å². The van der Waals surface area contributed by atoms with Crippen LogP contribution in [0.25, 0.3) is 0 Å². The molecule has 5 heteroatoms. The molecule has 0 radical (unpaired) electrons. The van der Waals surface area contributed by atoms with E-state index in [1.165, 1.54) is 0 Å². The van der Waals surface area contributed by atoms with Crippen LogP contribution < -0.4 is 11.1 Å². The minimum absolute atomic E-state index is 0.131. The van der Waals surface area contributed by atoms with Crippen LogP contribution in [0.5, 0.6) is 0 Å². The molecule has 0 aliphatic rings. The average Bonchev–Trinajstić information content (AvgIpc) is 2.42. The van der Waals surface area contributed by atoms with Crippen molar-refractivity contribution < 1.29 is 4.79 Å². The lowest BCUT2D eigenvalue weighted by Crippen LogP contribution is -2.40. The number of hydrogen-bond donors (Lipinski definition) is 2. The highest BCUT2D eigenvalue weighted by Gasteiger charge is 2.11. The van der Waals surface area contributed by atoms with E-state index in [-0.39, 0.29) is 5.91 Å². The molecule has 4 nitrogen and oxygen atoms in total. The molecule has 0 fully saturated rings. The van der Waals surface area contributed by atoms with Crippen LogP contribution in [0.1, 0.15) is 17.5 Å². The molecule has 1 aromatic carbocycles. The molecule has 3 N–H and O–H groups in total. The molecule has 0 spiro atoms. The first-order chi connectivity index (χ1) is 8.67. The number of thioether (sulfide) groups is 1. The highest BCUT2D eigenvalue weighted by molar-refractivity contribution is 7.98. The highest BCUT2D eigenvalue weighted by atomic mass is 32.2. The Labute approximate surface area is 112 Å². The maximum Gasteiger partial charge on any atom is 0.237 e. The SMILES string of the molecule is CSCC[C@H](N)C(=O)NCc1ccc(C#N)cc1. The summed E-state index contributed by atoms with van der Waals surface area (Å²) in [6.07, 6.45) is 2.67. The molecule has 0 unspecified atom stereocenters. The van der Waals surface area contributed by atoms with Gasteiger partial charge in [0.15, 0.2) is 0 Å². The molecule has 0 saturated carbocycles. The fraction of sp³-hybridized carbons (Fsp3) is 0.385. The predicted molar refractivity (Wildman–Crippen MR) is 74.0 cm³/mol. The number of nitrogens with zero attached hydrogens (tertiary/aromatic N) is 1. The van der Waals surface area contributed by atoms with Crippen molar-refractivity contribution in [3.05, 3.63) is 35.4 Å². The number of nitrogens with one attached hydrogen (secondary N) is 1. The van der Waals surface area contributed by atoms with Crippen molar-refractivity contribution in [2.45, 2.75) is 19.0 Å². The van der Waals surface area contributed by atoms with Crippen LogP contribution in [0, 0.1) is 11.3 Å². The molecule has 1 amide bonds. The maximum atomic E-state index is 11.6. The van der Waals surface area contributed by atoms with Gasteiger partial charge in [-0.1, -0.05) is 12.1 Å². The zero-order valence-corrected chi connectivity index (χ0v) is 11.2. The third-order valence-corrected chi connectivity index (χ3v) is 3.16. The molecule has 0 aliphatic carbocycles. The zero-order chi connectivity index (χ0) is 13.4. The largest absolute Gasteiger partial charge is 0.351 e. The molecule has 0 aromatic heterocycles. The number of rotatable bonds is 6. The summed E-state index contributed by atoms with van der Waals surface area (Å²) >= 11 is 1.68. The molecule has 0 bridgehead atoms. The van der Waals surface area contributed by atoms with Crippen LogP contribution >= 0.6 is 11.8 Å². The molecule has 1 rings (SSSR count). The van der Waals surface area contributed by atoms with Crippen molar-refractivity contribution in [2.75, 3.05) is 12.0 Å². The minimum atomic E-state index is -0.448. The number of carbonyl (C=O) groups is 1. The van der Waals surface area contributed by atoms with Gasteiger partial charge in [0.25, 0.3) is 0 Å². The Morgan fingerprint density at radius 1 is 1.50 bits per heavy atom. The standard InChI is InChI=1S/C13H17N3OS/c1-18-7-6-12(15)13(17)16-9-11-4-2-10(8-14)3-5-11/h2-5,12H,6-7,9,15H2,1H3,(H,16,17)/t12-/m0/s1. The van der Waals surface area contributed by atoms with Crippen molar-refractivity contribution in [3.63, 3.8) is 0 Å². The number of amides is 1. The summed E-state index contributed by atoms with van der Waals surface area (Å²) in [5, 5.41) is 11.5. The van der Waals surface area contributed by atoms with E-state index in [1.807, 2.05) is 18.4 Å². The minimum Gasteiger partial charge on any atom is -0.351 e. The van der Waals surface area contributed by atoms with Crippen molar-refractivity contribution in [2.24, 2.45) is 5.73 Å². The van der Waals surface area contributed by atoms with Gasteiger partial charge in [0.1, 0.15) is 0 Å². The van der Waals surface area contributed by atoms with Crippen LogP contribution in [0.2, 0.25) is 0 Å². The van der Waals surface area contributed by atoms with Crippen molar-refractivity contribution in [1.29, 1.82) is 5.26 Å². The molecule has 18 heavy (non-hydrogen) atoms. The predicted octanol–water partition coefficient (Wildman–Crippen LogP) is 1.25. The second kappa shape index (κ2) is 7.75. The van der Waals surface area contributed by atoms with Gasteiger partial charge >= 0.3 is 0 Å². The summed E-state index contributed by atoms with van der Waals surface area (Å²) in [5.41, 5.74) is 7.32. The number of carbonyl (C=O) groups excluding carboxylic acids is 1. The lowest BCUT2D eigenvalue weighted by Gasteiger charge is -2.11. The van der Waals surface area contributed by atoms with E-state index in [9.17, 15) is 4.79 Å². The Balaban J connectivity index is 2.39. The monoisotopic (exact) mass is 263 g/mol. The second-order valence-corrected chi connectivity index (χ2v) is 4.90. The zero-order valence-electron chi connectivity index (χ0n) is 10.3. The molecular weight excluding hydrogens is 246 g/mol. The van der Waals surface area contributed by atoms with E-state index in [0.717, 1.165) is 11.3 Å². The van der Waals surface area contributed by atoms with E-state index in [2.05, 4.69) is 11.4 Å². The van der Waals surface area contributed by atoms with Gasteiger partial charge in [0.2, 0.25) is 5.91 Å². The molecule has 1 aromatic rings. The lowest BCUT2D eigenvalue weighted by molar-refractivity contribution is -0.122. The Morgan fingerprint density at radius 2 is 2.17 bits per heavy atom. The first kappa shape index (κ1) is 14.6.